The molecule has 8 nitrogen and oxygen atoms in total. The number of carbonyl (C=O) groups is 3. The van der Waals surface area contributed by atoms with Gasteiger partial charge in [-0.2, -0.15) is 0 Å². The van der Waals surface area contributed by atoms with Gasteiger partial charge in [0, 0.05) is 22.5 Å². The third kappa shape index (κ3) is 5.19. The van der Waals surface area contributed by atoms with E-state index in [2.05, 4.69) is 10.0 Å². The second-order valence-corrected chi connectivity index (χ2v) is 8.69. The number of ketones is 1. The quantitative estimate of drug-likeness (QED) is 0.531. The van der Waals surface area contributed by atoms with Crippen molar-refractivity contribution in [3.05, 3.63) is 89.0 Å². The molecule has 3 aromatic rings. The topological polar surface area (TPSA) is 132 Å². The van der Waals surface area contributed by atoms with E-state index in [0.717, 1.165) is 0 Å². The lowest BCUT2D eigenvalue weighted by Gasteiger charge is -2.13. The van der Waals surface area contributed by atoms with Gasteiger partial charge in [-0.1, -0.05) is 30.3 Å². The second-order valence-electron chi connectivity index (χ2n) is 7.04. The summed E-state index contributed by atoms with van der Waals surface area (Å²) in [4.78, 5) is 34.9. The number of carbonyl (C=O) groups excluding carboxylic acids is 3. The maximum atomic E-state index is 12.9. The van der Waals surface area contributed by atoms with Gasteiger partial charge in [-0.15, -0.1) is 0 Å². The van der Waals surface area contributed by atoms with Gasteiger partial charge in [0.1, 0.15) is 0 Å². The van der Waals surface area contributed by atoms with Crippen LogP contribution >= 0.6 is 0 Å². The van der Waals surface area contributed by atoms with Crippen LogP contribution in [0.5, 0.6) is 0 Å². The van der Waals surface area contributed by atoms with Crippen LogP contribution in [0.4, 0.5) is 11.4 Å². The van der Waals surface area contributed by atoms with Crippen molar-refractivity contribution in [3.8, 4) is 0 Å². The maximum Gasteiger partial charge on any atom is 0.262 e. The summed E-state index contributed by atoms with van der Waals surface area (Å²) in [7, 11) is -4.04. The molecule has 0 aromatic heterocycles. The van der Waals surface area contributed by atoms with Crippen molar-refractivity contribution in [1.82, 2.24) is 0 Å². The molecule has 0 radical (unpaired) electrons. The first-order chi connectivity index (χ1) is 15.1. The van der Waals surface area contributed by atoms with E-state index in [1.807, 2.05) is 0 Å². The number of carboxylic acids is 1. The second kappa shape index (κ2) is 9.03. The minimum atomic E-state index is -4.04. The molecule has 32 heavy (non-hydrogen) atoms. The fourth-order valence-corrected chi connectivity index (χ4v) is 4.26. The lowest BCUT2D eigenvalue weighted by Crippen LogP contribution is -2.22. The summed E-state index contributed by atoms with van der Waals surface area (Å²) >= 11 is 0. The number of aromatic carboxylic acids is 1. The van der Waals surface area contributed by atoms with Crippen molar-refractivity contribution in [2.45, 2.75) is 18.7 Å². The van der Waals surface area contributed by atoms with Gasteiger partial charge >= 0.3 is 0 Å². The van der Waals surface area contributed by atoms with E-state index >= 15 is 0 Å². The lowest BCUT2D eigenvalue weighted by atomic mass is 10.1. The largest absolute Gasteiger partial charge is 0.545 e. The van der Waals surface area contributed by atoms with Gasteiger partial charge in [-0.25, -0.2) is 8.42 Å². The number of benzene rings is 3. The Morgan fingerprint density at radius 2 is 1.47 bits per heavy atom. The Morgan fingerprint density at radius 3 is 2.09 bits per heavy atom. The van der Waals surface area contributed by atoms with Crippen LogP contribution in [0.2, 0.25) is 0 Å². The Balaban J connectivity index is 1.85. The van der Waals surface area contributed by atoms with Gasteiger partial charge < -0.3 is 15.2 Å². The summed E-state index contributed by atoms with van der Waals surface area (Å²) in [6, 6.07) is 15.7. The average Bonchev–Trinajstić information content (AvgIpc) is 2.74. The molecule has 0 aliphatic rings. The van der Waals surface area contributed by atoms with Crippen molar-refractivity contribution < 1.29 is 27.9 Å². The highest BCUT2D eigenvalue weighted by molar-refractivity contribution is 7.92. The Labute approximate surface area is 185 Å². The zero-order valence-corrected chi connectivity index (χ0v) is 18.0. The van der Waals surface area contributed by atoms with Crippen molar-refractivity contribution in [2.24, 2.45) is 0 Å². The van der Waals surface area contributed by atoms with Crippen molar-refractivity contribution >= 4 is 39.1 Å². The average molecular weight is 451 g/mol. The van der Waals surface area contributed by atoms with Crippen molar-refractivity contribution in [1.29, 1.82) is 0 Å². The summed E-state index contributed by atoms with van der Waals surface area (Å²) in [5.41, 5.74) is 1.41. The van der Waals surface area contributed by atoms with Gasteiger partial charge in [0.15, 0.2) is 5.78 Å². The molecule has 0 aliphatic heterocycles. The third-order valence-corrected chi connectivity index (χ3v) is 6.16. The van der Waals surface area contributed by atoms with E-state index in [1.54, 1.807) is 19.1 Å². The highest BCUT2D eigenvalue weighted by Crippen LogP contribution is 2.22. The molecule has 2 N–H and O–H groups in total. The molecular weight excluding hydrogens is 432 g/mol. The van der Waals surface area contributed by atoms with Gasteiger partial charge in [-0.05, 0) is 61.4 Å². The standard InChI is InChI=1S/C23H20N2O6S/c1-14-6-7-18(22(27)24-19-10-8-16(9-11-19)23(28)29)13-21(14)32(30,31)25-20-5-3-4-17(12-20)15(2)26/h3-13,25H,1-2H3,(H,24,27)(H,28,29)/p-1. The molecule has 164 valence electrons. The van der Waals surface area contributed by atoms with E-state index in [4.69, 9.17) is 0 Å². The number of sulfonamides is 1. The monoisotopic (exact) mass is 451 g/mol. The maximum absolute atomic E-state index is 12.9. The molecule has 0 spiro atoms. The number of rotatable bonds is 7. The van der Waals surface area contributed by atoms with Crippen LogP contribution in [0.1, 0.15) is 43.6 Å². The number of nitrogens with one attached hydrogen (secondary N) is 2. The summed E-state index contributed by atoms with van der Waals surface area (Å²) in [5, 5.41) is 13.4. The normalized spacial score (nSPS) is 10.9. The minimum absolute atomic E-state index is 0.0355. The van der Waals surface area contributed by atoms with Crippen molar-refractivity contribution in [2.75, 3.05) is 10.0 Å². The van der Waals surface area contributed by atoms with Crippen LogP contribution in [0.15, 0.2) is 71.6 Å². The first-order valence-corrected chi connectivity index (χ1v) is 10.9. The Hall–Kier alpha value is -3.98. The molecule has 0 saturated heterocycles. The van der Waals surface area contributed by atoms with Crippen LogP contribution < -0.4 is 15.1 Å². The number of hydrogen-bond acceptors (Lipinski definition) is 6. The molecule has 9 heteroatoms. The molecule has 0 aliphatic carbocycles. The molecule has 0 saturated carbocycles. The fourth-order valence-electron chi connectivity index (χ4n) is 2.94. The van der Waals surface area contributed by atoms with Crippen LogP contribution in [0.25, 0.3) is 0 Å². The molecule has 0 fully saturated rings. The van der Waals surface area contributed by atoms with Crippen LogP contribution in [0.3, 0.4) is 0 Å². The molecule has 3 rings (SSSR count). The summed E-state index contributed by atoms with van der Waals surface area (Å²) in [5.74, 6) is -2.10. The molecule has 1 amide bonds. The number of amides is 1. The van der Waals surface area contributed by atoms with Gasteiger partial charge in [-0.3, -0.25) is 14.3 Å². The van der Waals surface area contributed by atoms with Gasteiger partial charge in [0.2, 0.25) is 0 Å². The highest BCUT2D eigenvalue weighted by Gasteiger charge is 2.20. The molecule has 0 bridgehead atoms. The summed E-state index contributed by atoms with van der Waals surface area (Å²) in [6.45, 7) is 2.98. The minimum Gasteiger partial charge on any atom is -0.545 e. The van der Waals surface area contributed by atoms with Gasteiger partial charge in [0.25, 0.3) is 15.9 Å². The van der Waals surface area contributed by atoms with E-state index in [-0.39, 0.29) is 27.5 Å². The van der Waals surface area contributed by atoms with Gasteiger partial charge in [0.05, 0.1) is 10.9 Å². The summed E-state index contributed by atoms with van der Waals surface area (Å²) in [6.07, 6.45) is 0. The predicted octanol–water partition coefficient (Wildman–Crippen LogP) is 2.61. The molecule has 0 unspecified atom stereocenters. The Morgan fingerprint density at radius 1 is 0.812 bits per heavy atom. The third-order valence-electron chi connectivity index (χ3n) is 4.64. The SMILES string of the molecule is CC(=O)c1cccc(NS(=O)(=O)c2cc(C(=O)Nc3ccc(C(=O)[O-])cc3)ccc2C)c1. The molecule has 0 heterocycles. The summed E-state index contributed by atoms with van der Waals surface area (Å²) < 4.78 is 28.3. The van der Waals surface area contributed by atoms with Crippen LogP contribution in [-0.2, 0) is 10.0 Å². The predicted molar refractivity (Wildman–Crippen MR) is 117 cm³/mol. The van der Waals surface area contributed by atoms with Crippen LogP contribution in [-0.4, -0.2) is 26.1 Å². The number of hydrogen-bond donors (Lipinski definition) is 2. The number of Topliss-reactive ketones (excluding diaryl/α,β-unsaturated/α-hetero) is 1. The molecule has 3 aromatic carbocycles. The van der Waals surface area contributed by atoms with Crippen molar-refractivity contribution in [3.63, 3.8) is 0 Å². The van der Waals surface area contributed by atoms with E-state index in [0.29, 0.717) is 16.8 Å². The number of carboxylic acid groups (broad SMARTS) is 1. The van der Waals surface area contributed by atoms with Crippen LogP contribution in [0, 0.1) is 6.92 Å². The Bertz CT molecular complexity index is 1310. The lowest BCUT2D eigenvalue weighted by molar-refractivity contribution is -0.255. The zero-order chi connectivity index (χ0) is 23.5. The molecular formula is C23H19N2O6S-. The molecule has 0 atom stereocenters. The first-order valence-electron chi connectivity index (χ1n) is 9.44. The van der Waals surface area contributed by atoms with E-state index in [1.165, 1.54) is 61.5 Å². The fraction of sp³-hybridized carbons (Fsp3) is 0.0870. The first kappa shape index (κ1) is 22.7. The number of aryl methyl sites for hydroxylation is 1. The van der Waals surface area contributed by atoms with E-state index < -0.39 is 21.9 Å². The number of anilines is 2. The highest BCUT2D eigenvalue weighted by atomic mass is 32.2. The zero-order valence-electron chi connectivity index (χ0n) is 17.2. The Kier molecular flexibility index (Phi) is 6.40. The smallest absolute Gasteiger partial charge is 0.262 e. The van der Waals surface area contributed by atoms with E-state index in [9.17, 15) is 27.9 Å².